The average Bonchev–Trinajstić information content (AvgIpc) is 2.81. The van der Waals surface area contributed by atoms with Crippen LogP contribution >= 0.6 is 0 Å². The molecule has 2 rings (SSSR count). The molecule has 1 saturated heterocycles. The van der Waals surface area contributed by atoms with E-state index in [0.29, 0.717) is 0 Å². The van der Waals surface area contributed by atoms with Gasteiger partial charge in [0.25, 0.3) is 0 Å². The van der Waals surface area contributed by atoms with Gasteiger partial charge in [0.2, 0.25) is 0 Å². The van der Waals surface area contributed by atoms with Crippen LogP contribution in [0.4, 0.5) is 5.82 Å². The lowest BCUT2D eigenvalue weighted by atomic mass is 10.2. The van der Waals surface area contributed by atoms with E-state index in [1.807, 2.05) is 6.92 Å². The average molecular weight is 203 g/mol. The fourth-order valence-electron chi connectivity index (χ4n) is 1.91. The van der Waals surface area contributed by atoms with Crippen LogP contribution in [0.5, 0.6) is 0 Å². The van der Waals surface area contributed by atoms with Gasteiger partial charge in [0, 0.05) is 25.5 Å². The van der Waals surface area contributed by atoms with Gasteiger partial charge in [-0.05, 0) is 32.3 Å². The number of nitrogens with zero attached hydrogens (tertiary/aromatic N) is 3. The molecule has 0 spiro atoms. The van der Waals surface area contributed by atoms with Gasteiger partial charge in [-0.1, -0.05) is 6.08 Å². The topological polar surface area (TPSA) is 29.0 Å². The summed E-state index contributed by atoms with van der Waals surface area (Å²) < 4.78 is 0. The van der Waals surface area contributed by atoms with Gasteiger partial charge in [-0.2, -0.15) is 0 Å². The van der Waals surface area contributed by atoms with Crippen LogP contribution in [0.3, 0.4) is 0 Å². The van der Waals surface area contributed by atoms with E-state index in [0.717, 1.165) is 24.6 Å². The number of hydrogen-bond donors (Lipinski definition) is 0. The molecule has 0 N–H and O–H groups in total. The summed E-state index contributed by atoms with van der Waals surface area (Å²) >= 11 is 0. The third-order valence-electron chi connectivity index (χ3n) is 2.89. The first-order chi connectivity index (χ1) is 7.33. The predicted molar refractivity (Wildman–Crippen MR) is 62.8 cm³/mol. The number of allylic oxidation sites excluding steroid dienone is 2. The van der Waals surface area contributed by atoms with Crippen molar-refractivity contribution in [3.63, 3.8) is 0 Å². The largest absolute Gasteiger partial charge is 0.355 e. The summed E-state index contributed by atoms with van der Waals surface area (Å²) in [6.07, 6.45) is 8.17. The maximum atomic E-state index is 4.45. The Kier molecular flexibility index (Phi) is 2.99. The zero-order valence-corrected chi connectivity index (χ0v) is 9.40. The number of hydrogen-bond acceptors (Lipinski definition) is 3. The maximum Gasteiger partial charge on any atom is 0.154 e. The molecule has 1 aliphatic rings. The Morgan fingerprint density at radius 1 is 1.27 bits per heavy atom. The number of rotatable bonds is 2. The van der Waals surface area contributed by atoms with Crippen molar-refractivity contribution in [3.8, 4) is 0 Å². The molecular formula is C12H17N3. The van der Waals surface area contributed by atoms with Gasteiger partial charge < -0.3 is 4.90 Å². The van der Waals surface area contributed by atoms with E-state index in [9.17, 15) is 0 Å². The van der Waals surface area contributed by atoms with E-state index in [2.05, 4.69) is 27.9 Å². The Morgan fingerprint density at radius 3 is 2.60 bits per heavy atom. The normalized spacial score (nSPS) is 17.2. The van der Waals surface area contributed by atoms with Crippen LogP contribution in [0.2, 0.25) is 0 Å². The lowest BCUT2D eigenvalue weighted by molar-refractivity contribution is 0.920. The maximum absolute atomic E-state index is 4.45. The fourth-order valence-corrected chi connectivity index (χ4v) is 1.91. The Morgan fingerprint density at radius 2 is 1.93 bits per heavy atom. The van der Waals surface area contributed by atoms with Crippen molar-refractivity contribution in [2.75, 3.05) is 18.0 Å². The van der Waals surface area contributed by atoms with E-state index in [-0.39, 0.29) is 0 Å². The molecule has 2 heterocycles. The van der Waals surface area contributed by atoms with Gasteiger partial charge >= 0.3 is 0 Å². The SMILES string of the molecule is C/C=C(\C)c1nccnc1N1CCCC1. The molecule has 1 aliphatic heterocycles. The monoisotopic (exact) mass is 203 g/mol. The summed E-state index contributed by atoms with van der Waals surface area (Å²) in [4.78, 5) is 11.2. The molecule has 0 aromatic carbocycles. The van der Waals surface area contributed by atoms with Crippen molar-refractivity contribution in [2.45, 2.75) is 26.7 Å². The minimum absolute atomic E-state index is 1.03. The second-order valence-corrected chi connectivity index (χ2v) is 3.89. The quantitative estimate of drug-likeness (QED) is 0.739. The third kappa shape index (κ3) is 2.01. The second kappa shape index (κ2) is 4.43. The molecule has 0 radical (unpaired) electrons. The van der Waals surface area contributed by atoms with Gasteiger partial charge in [-0.25, -0.2) is 4.98 Å². The van der Waals surface area contributed by atoms with Gasteiger partial charge in [-0.3, -0.25) is 4.98 Å². The Labute approximate surface area is 90.9 Å². The smallest absolute Gasteiger partial charge is 0.154 e. The predicted octanol–water partition coefficient (Wildman–Crippen LogP) is 2.50. The molecule has 0 bridgehead atoms. The van der Waals surface area contributed by atoms with E-state index >= 15 is 0 Å². The number of anilines is 1. The van der Waals surface area contributed by atoms with Crippen molar-refractivity contribution in [1.82, 2.24) is 9.97 Å². The Bertz CT molecular complexity index is 365. The van der Waals surface area contributed by atoms with Crippen molar-refractivity contribution < 1.29 is 0 Å². The van der Waals surface area contributed by atoms with E-state index in [1.54, 1.807) is 12.4 Å². The third-order valence-corrected chi connectivity index (χ3v) is 2.89. The first kappa shape index (κ1) is 10.1. The summed E-state index contributed by atoms with van der Waals surface area (Å²) in [5.41, 5.74) is 2.23. The van der Waals surface area contributed by atoms with Crippen molar-refractivity contribution in [1.29, 1.82) is 0 Å². The molecule has 0 saturated carbocycles. The highest BCUT2D eigenvalue weighted by atomic mass is 15.2. The molecule has 0 amide bonds. The van der Waals surface area contributed by atoms with Crippen LogP contribution in [0.15, 0.2) is 18.5 Å². The van der Waals surface area contributed by atoms with Crippen molar-refractivity contribution in [2.24, 2.45) is 0 Å². The Balaban J connectivity index is 2.37. The first-order valence-electron chi connectivity index (χ1n) is 5.52. The number of aromatic nitrogens is 2. The van der Waals surface area contributed by atoms with E-state index in [4.69, 9.17) is 0 Å². The first-order valence-corrected chi connectivity index (χ1v) is 5.52. The molecule has 80 valence electrons. The summed E-state index contributed by atoms with van der Waals surface area (Å²) in [6, 6.07) is 0. The molecule has 3 heteroatoms. The van der Waals surface area contributed by atoms with Crippen LogP contribution in [-0.4, -0.2) is 23.1 Å². The van der Waals surface area contributed by atoms with E-state index < -0.39 is 0 Å². The van der Waals surface area contributed by atoms with Crippen LogP contribution < -0.4 is 4.90 Å². The molecule has 0 aliphatic carbocycles. The van der Waals surface area contributed by atoms with E-state index in [1.165, 1.54) is 18.4 Å². The molecule has 1 aromatic rings. The molecule has 1 aromatic heterocycles. The summed E-state index contributed by atoms with van der Waals surface area (Å²) in [6.45, 7) is 6.35. The van der Waals surface area contributed by atoms with Gasteiger partial charge in [0.1, 0.15) is 5.69 Å². The highest BCUT2D eigenvalue weighted by molar-refractivity contribution is 5.70. The highest BCUT2D eigenvalue weighted by Gasteiger charge is 2.17. The summed E-state index contributed by atoms with van der Waals surface area (Å²) in [5, 5.41) is 0. The van der Waals surface area contributed by atoms with Crippen molar-refractivity contribution in [3.05, 3.63) is 24.2 Å². The van der Waals surface area contributed by atoms with Crippen LogP contribution in [0.25, 0.3) is 5.57 Å². The Hall–Kier alpha value is -1.38. The van der Waals surface area contributed by atoms with Gasteiger partial charge in [-0.15, -0.1) is 0 Å². The molecule has 0 unspecified atom stereocenters. The molecule has 3 nitrogen and oxygen atoms in total. The molecule has 15 heavy (non-hydrogen) atoms. The minimum atomic E-state index is 1.03. The molecular weight excluding hydrogens is 186 g/mol. The fraction of sp³-hybridized carbons (Fsp3) is 0.500. The zero-order chi connectivity index (χ0) is 10.7. The van der Waals surface area contributed by atoms with Crippen LogP contribution in [0.1, 0.15) is 32.4 Å². The second-order valence-electron chi connectivity index (χ2n) is 3.89. The zero-order valence-electron chi connectivity index (χ0n) is 9.40. The van der Waals surface area contributed by atoms with Gasteiger partial charge in [0.05, 0.1) is 0 Å². The summed E-state index contributed by atoms with van der Waals surface area (Å²) in [7, 11) is 0. The molecule has 1 fully saturated rings. The van der Waals surface area contributed by atoms with Crippen molar-refractivity contribution >= 4 is 11.4 Å². The standard InChI is InChI=1S/C12H17N3/c1-3-10(2)11-12(14-7-6-13-11)15-8-4-5-9-15/h3,6-7H,4-5,8-9H2,1-2H3/b10-3+. The van der Waals surface area contributed by atoms with Gasteiger partial charge in [0.15, 0.2) is 5.82 Å². The van der Waals surface area contributed by atoms with Crippen LogP contribution in [-0.2, 0) is 0 Å². The molecule has 0 atom stereocenters. The minimum Gasteiger partial charge on any atom is -0.355 e. The summed E-state index contributed by atoms with van der Waals surface area (Å²) in [5.74, 6) is 1.05. The van der Waals surface area contributed by atoms with Crippen LogP contribution in [0, 0.1) is 0 Å². The lowest BCUT2D eigenvalue weighted by Gasteiger charge is -2.18. The lowest BCUT2D eigenvalue weighted by Crippen LogP contribution is -2.20. The highest BCUT2D eigenvalue weighted by Crippen LogP contribution is 2.25.